The summed E-state index contributed by atoms with van der Waals surface area (Å²) in [7, 11) is 0. The van der Waals surface area contributed by atoms with Gasteiger partial charge in [0, 0.05) is 36.1 Å². The van der Waals surface area contributed by atoms with E-state index in [2.05, 4.69) is 15.4 Å². The highest BCUT2D eigenvalue weighted by molar-refractivity contribution is 5.95. The Labute approximate surface area is 150 Å². The lowest BCUT2D eigenvalue weighted by molar-refractivity contribution is -0.146. The second-order valence-electron chi connectivity index (χ2n) is 7.15. The van der Waals surface area contributed by atoms with E-state index >= 15 is 0 Å². The molecule has 0 radical (unpaired) electrons. The number of aromatic nitrogens is 3. The van der Waals surface area contributed by atoms with Gasteiger partial charge < -0.3 is 15.5 Å². The van der Waals surface area contributed by atoms with Gasteiger partial charge >= 0.3 is 5.97 Å². The second kappa shape index (κ2) is 6.78. The molecule has 0 saturated heterocycles. The van der Waals surface area contributed by atoms with Crippen LogP contribution in [0.5, 0.6) is 5.75 Å². The molecule has 2 aromatic rings. The molecule has 0 saturated carbocycles. The van der Waals surface area contributed by atoms with Crippen LogP contribution in [0.1, 0.15) is 42.9 Å². The third kappa shape index (κ3) is 3.40. The van der Waals surface area contributed by atoms with Crippen LogP contribution in [0, 0.1) is 5.41 Å². The summed E-state index contributed by atoms with van der Waals surface area (Å²) in [5, 5.41) is 26.2. The Morgan fingerprint density at radius 2 is 2.08 bits per heavy atom. The van der Waals surface area contributed by atoms with E-state index in [1.165, 1.54) is 26.1 Å². The van der Waals surface area contributed by atoms with Crippen molar-refractivity contribution in [1.82, 2.24) is 20.1 Å². The zero-order chi connectivity index (χ0) is 18.9. The van der Waals surface area contributed by atoms with E-state index in [0.29, 0.717) is 5.56 Å². The van der Waals surface area contributed by atoms with Crippen molar-refractivity contribution in [2.24, 2.45) is 5.41 Å². The van der Waals surface area contributed by atoms with Crippen molar-refractivity contribution in [2.75, 3.05) is 6.54 Å². The average molecular weight is 358 g/mol. The lowest BCUT2D eigenvalue weighted by Gasteiger charge is -2.19. The number of pyridine rings is 1. The minimum Gasteiger partial charge on any atom is -0.505 e. The van der Waals surface area contributed by atoms with Crippen LogP contribution in [0.3, 0.4) is 0 Å². The molecule has 2 aromatic heterocycles. The molecule has 8 nitrogen and oxygen atoms in total. The first-order chi connectivity index (χ1) is 12.3. The highest BCUT2D eigenvalue weighted by Crippen LogP contribution is 2.30. The maximum Gasteiger partial charge on any atom is 0.310 e. The van der Waals surface area contributed by atoms with Gasteiger partial charge in [-0.2, -0.15) is 5.10 Å². The largest absolute Gasteiger partial charge is 0.505 e. The molecule has 1 aliphatic rings. The summed E-state index contributed by atoms with van der Waals surface area (Å²) >= 11 is 0. The molecule has 0 atom stereocenters. The number of carbonyl (C=O) groups is 2. The Kier molecular flexibility index (Phi) is 4.67. The number of fused-ring (bicyclic) bond motifs is 1. The maximum absolute atomic E-state index is 12.2. The van der Waals surface area contributed by atoms with Gasteiger partial charge in [-0.3, -0.25) is 14.3 Å². The monoisotopic (exact) mass is 358 g/mol. The van der Waals surface area contributed by atoms with Gasteiger partial charge in [0.2, 0.25) is 0 Å². The van der Waals surface area contributed by atoms with Crippen LogP contribution >= 0.6 is 0 Å². The summed E-state index contributed by atoms with van der Waals surface area (Å²) in [5.41, 5.74) is 1.48. The Hall–Kier alpha value is -2.90. The fourth-order valence-electron chi connectivity index (χ4n) is 2.90. The molecule has 0 fully saturated rings. The molecule has 0 aromatic carbocycles. The van der Waals surface area contributed by atoms with Gasteiger partial charge in [-0.15, -0.1) is 0 Å². The maximum atomic E-state index is 12.2. The molecule has 1 amide bonds. The van der Waals surface area contributed by atoms with Crippen LogP contribution in [0.2, 0.25) is 0 Å². The average Bonchev–Trinajstić information content (AvgIpc) is 3.03. The highest BCUT2D eigenvalue weighted by Gasteiger charge is 2.28. The van der Waals surface area contributed by atoms with E-state index in [9.17, 15) is 14.7 Å². The van der Waals surface area contributed by atoms with E-state index in [0.717, 1.165) is 37.1 Å². The summed E-state index contributed by atoms with van der Waals surface area (Å²) in [5.74, 6) is -1.87. The normalized spacial score (nSPS) is 13.9. The number of hydrogen-bond donors (Lipinski definition) is 3. The fourth-order valence-corrected chi connectivity index (χ4v) is 2.90. The number of nitrogens with zero attached hydrogens (tertiary/aromatic N) is 3. The number of rotatable bonds is 5. The summed E-state index contributed by atoms with van der Waals surface area (Å²) < 4.78 is 1.96. The van der Waals surface area contributed by atoms with Crippen molar-refractivity contribution in [3.8, 4) is 16.9 Å². The third-order valence-corrected chi connectivity index (χ3v) is 4.65. The van der Waals surface area contributed by atoms with Crippen molar-refractivity contribution in [3.63, 3.8) is 0 Å². The second-order valence-corrected chi connectivity index (χ2v) is 7.15. The number of aliphatic carboxylic acids is 1. The Balaban J connectivity index is 1.79. The number of aromatic hydroxyl groups is 1. The van der Waals surface area contributed by atoms with Gasteiger partial charge in [0.15, 0.2) is 5.69 Å². The van der Waals surface area contributed by atoms with E-state index in [-0.39, 0.29) is 18.0 Å². The summed E-state index contributed by atoms with van der Waals surface area (Å²) in [4.78, 5) is 27.4. The van der Waals surface area contributed by atoms with Gasteiger partial charge in [0.05, 0.1) is 11.6 Å². The minimum absolute atomic E-state index is 0.0685. The van der Waals surface area contributed by atoms with Crippen molar-refractivity contribution in [1.29, 1.82) is 0 Å². The van der Waals surface area contributed by atoms with E-state index in [1.54, 1.807) is 6.20 Å². The first-order valence-electron chi connectivity index (χ1n) is 8.55. The zero-order valence-electron chi connectivity index (χ0n) is 14.8. The molecule has 0 unspecified atom stereocenters. The molecule has 8 heteroatoms. The molecule has 138 valence electrons. The van der Waals surface area contributed by atoms with Crippen LogP contribution in [-0.2, 0) is 17.8 Å². The number of hydrogen-bond acceptors (Lipinski definition) is 5. The highest BCUT2D eigenvalue weighted by atomic mass is 16.4. The first kappa shape index (κ1) is 17.9. The molecular formula is C18H22N4O4. The Morgan fingerprint density at radius 3 is 2.77 bits per heavy atom. The first-order valence-corrected chi connectivity index (χ1v) is 8.55. The quantitative estimate of drug-likeness (QED) is 0.750. The number of amides is 1. The predicted molar refractivity (Wildman–Crippen MR) is 93.8 cm³/mol. The molecule has 0 spiro atoms. The Bertz CT molecular complexity index is 857. The Morgan fingerprint density at radius 1 is 1.31 bits per heavy atom. The summed E-state index contributed by atoms with van der Waals surface area (Å²) in [6, 6.07) is 1.50. The van der Waals surface area contributed by atoms with Crippen LogP contribution in [0.4, 0.5) is 0 Å². The predicted octanol–water partition coefficient (Wildman–Crippen LogP) is 1.83. The van der Waals surface area contributed by atoms with Gasteiger partial charge in [0.25, 0.3) is 5.91 Å². The molecule has 1 aliphatic heterocycles. The summed E-state index contributed by atoms with van der Waals surface area (Å²) in [6.07, 6.45) is 6.40. The standard InChI is InChI=1S/C18H22N4O4/c1-18(2,17(25)26)10-20-16(24)15-14(23)7-11(8-19-15)12-9-21-22-6-4-3-5-13(12)22/h7-9,23H,3-6,10H2,1-2H3,(H,20,24)(H,25,26). The minimum atomic E-state index is -1.11. The number of carboxylic acid groups (broad SMARTS) is 1. The number of nitrogens with one attached hydrogen (secondary N) is 1. The van der Waals surface area contributed by atoms with Gasteiger partial charge in [0.1, 0.15) is 5.75 Å². The number of carbonyl (C=O) groups excluding carboxylic acids is 1. The van der Waals surface area contributed by atoms with Crippen LogP contribution < -0.4 is 5.32 Å². The van der Waals surface area contributed by atoms with Crippen molar-refractivity contribution in [2.45, 2.75) is 39.7 Å². The lowest BCUT2D eigenvalue weighted by atomic mass is 9.94. The van der Waals surface area contributed by atoms with Crippen LogP contribution in [0.25, 0.3) is 11.1 Å². The zero-order valence-corrected chi connectivity index (χ0v) is 14.8. The molecule has 3 rings (SSSR count). The van der Waals surface area contributed by atoms with Crippen molar-refractivity contribution >= 4 is 11.9 Å². The van der Waals surface area contributed by atoms with Crippen LogP contribution in [-0.4, -0.2) is 43.4 Å². The molecule has 3 heterocycles. The molecule has 0 aliphatic carbocycles. The number of carboxylic acids is 1. The van der Waals surface area contributed by atoms with E-state index in [4.69, 9.17) is 5.11 Å². The fraction of sp³-hybridized carbons (Fsp3) is 0.444. The smallest absolute Gasteiger partial charge is 0.310 e. The third-order valence-electron chi connectivity index (χ3n) is 4.65. The number of aryl methyl sites for hydroxylation is 1. The van der Waals surface area contributed by atoms with E-state index in [1.807, 2.05) is 4.68 Å². The molecule has 3 N–H and O–H groups in total. The molecule has 0 bridgehead atoms. The van der Waals surface area contributed by atoms with Gasteiger partial charge in [-0.05, 0) is 39.2 Å². The summed E-state index contributed by atoms with van der Waals surface area (Å²) in [6.45, 7) is 3.83. The topological polar surface area (TPSA) is 117 Å². The lowest BCUT2D eigenvalue weighted by Crippen LogP contribution is -2.39. The van der Waals surface area contributed by atoms with E-state index < -0.39 is 17.3 Å². The van der Waals surface area contributed by atoms with Crippen LogP contribution in [0.15, 0.2) is 18.5 Å². The molecule has 26 heavy (non-hydrogen) atoms. The van der Waals surface area contributed by atoms with Crippen molar-refractivity contribution in [3.05, 3.63) is 29.8 Å². The van der Waals surface area contributed by atoms with Crippen molar-refractivity contribution < 1.29 is 19.8 Å². The molecular weight excluding hydrogens is 336 g/mol. The van der Waals surface area contributed by atoms with Gasteiger partial charge in [-0.25, -0.2) is 4.98 Å². The SMILES string of the molecule is CC(C)(CNC(=O)c1ncc(-c2cnn3c2CCCC3)cc1O)C(=O)O. The van der Waals surface area contributed by atoms with Gasteiger partial charge in [-0.1, -0.05) is 0 Å².